The molecule has 0 N–H and O–H groups in total. The molecule has 0 atom stereocenters. The lowest BCUT2D eigenvalue weighted by molar-refractivity contribution is 0.422. The van der Waals surface area contributed by atoms with E-state index in [-0.39, 0.29) is 0 Å². The van der Waals surface area contributed by atoms with Gasteiger partial charge in [0.2, 0.25) is 0 Å². The summed E-state index contributed by atoms with van der Waals surface area (Å²) in [5.41, 5.74) is 5.28. The number of hydrogen-bond acceptors (Lipinski definition) is 11. The van der Waals surface area contributed by atoms with E-state index >= 15 is 0 Å². The molecule has 0 bridgehead atoms. The summed E-state index contributed by atoms with van der Waals surface area (Å²) in [5, 5.41) is 0. The quantitative estimate of drug-likeness (QED) is 0.122. The second-order valence-corrected chi connectivity index (χ2v) is 19.8. The zero-order chi connectivity index (χ0) is 43.1. The summed E-state index contributed by atoms with van der Waals surface area (Å²) < 4.78 is 41.5. The van der Waals surface area contributed by atoms with Crippen molar-refractivity contribution in [3.8, 4) is 87.8 Å². The smallest absolute Gasteiger partial charge is 0.181 e. The third kappa shape index (κ3) is 7.73. The molecule has 0 radical (unpaired) electrons. The van der Waals surface area contributed by atoms with Gasteiger partial charge in [-0.1, -0.05) is 97.1 Å². The molecule has 5 heterocycles. The normalized spacial score (nSPS) is 11.4. The molecule has 0 saturated heterocycles. The average Bonchev–Trinajstić information content (AvgIpc) is 4.20. The summed E-state index contributed by atoms with van der Waals surface area (Å²) in [5.74, 6) is 5.75. The lowest BCUT2D eigenvalue weighted by atomic mass is 10.0. The van der Waals surface area contributed by atoms with Crippen LogP contribution in [0.25, 0.3) is 71.6 Å². The molecule has 0 fully saturated rings. The molecule has 0 unspecified atom stereocenters. The molecule has 7 aromatic carbocycles. The Balaban J connectivity index is 1.00. The van der Waals surface area contributed by atoms with Gasteiger partial charge in [0.25, 0.3) is 0 Å². The second-order valence-electron chi connectivity index (χ2n) is 14.9. The molecule has 0 aliphatic carbocycles. The van der Waals surface area contributed by atoms with E-state index < -0.39 is 0 Å². The number of fused-ring (bicyclic) bond motifs is 3. The minimum atomic E-state index is 0.579. The Morgan fingerprint density at radius 3 is 1.00 bits per heavy atom. The number of nitrogens with zero attached hydrogens (tertiary/aromatic N) is 2. The molecule has 12 rings (SSSR count). The first-order valence-corrected chi connectivity index (χ1v) is 24.7. The molecule has 0 spiro atoms. The van der Waals surface area contributed by atoms with Crippen molar-refractivity contribution in [2.24, 2.45) is 0 Å². The van der Waals surface area contributed by atoms with E-state index in [9.17, 15) is 0 Å². The standard InChI is InChI=1S/C54H32N2O4S5/c1-5-17-33(18-6-1)57-39-27-15-13-25-37(39)41-29-43-45(61-41)31-47(63-43)49-51-52(56-65-55-51)50(54(60-36-23-11-4-12-24-36)53(49)59-35-21-9-3-10-22-35)48-32-46-44(64-48)30-42(62-46)38-26-14-16-28-40(38)58-34-19-7-2-8-20-34/h1-32H. The first kappa shape index (κ1) is 39.5. The monoisotopic (exact) mass is 932 g/mol. The fraction of sp³-hybridized carbons (Fsp3) is 0. The van der Waals surface area contributed by atoms with Crippen molar-refractivity contribution >= 4 is 86.9 Å². The highest BCUT2D eigenvalue weighted by Crippen LogP contribution is 2.57. The van der Waals surface area contributed by atoms with Gasteiger partial charge in [-0.05, 0) is 97.1 Å². The van der Waals surface area contributed by atoms with E-state index in [1.807, 2.05) is 146 Å². The number of hydrogen-bond donors (Lipinski definition) is 0. The minimum absolute atomic E-state index is 0.579. The number of rotatable bonds is 12. The highest BCUT2D eigenvalue weighted by Gasteiger charge is 2.31. The van der Waals surface area contributed by atoms with Gasteiger partial charge < -0.3 is 18.9 Å². The van der Waals surface area contributed by atoms with E-state index in [1.165, 1.54) is 11.7 Å². The summed E-state index contributed by atoms with van der Waals surface area (Å²) in [4.78, 5) is 4.27. The molecule has 312 valence electrons. The molecule has 0 amide bonds. The highest BCUT2D eigenvalue weighted by molar-refractivity contribution is 7.31. The Kier molecular flexibility index (Phi) is 10.4. The van der Waals surface area contributed by atoms with Crippen LogP contribution in [0.4, 0.5) is 0 Å². The van der Waals surface area contributed by atoms with Gasteiger partial charge in [0.05, 0.1) is 22.9 Å². The minimum Gasteiger partial charge on any atom is -0.457 e. The third-order valence-electron chi connectivity index (χ3n) is 10.7. The van der Waals surface area contributed by atoms with E-state index in [1.54, 1.807) is 45.3 Å². The lowest BCUT2D eigenvalue weighted by Crippen LogP contribution is -1.97. The van der Waals surface area contributed by atoms with Crippen LogP contribution in [0.1, 0.15) is 0 Å². The maximum absolute atomic E-state index is 7.04. The average molecular weight is 933 g/mol. The molecule has 5 aromatic heterocycles. The second kappa shape index (κ2) is 17.1. The van der Waals surface area contributed by atoms with Crippen molar-refractivity contribution in [3.63, 3.8) is 0 Å². The number of thiophene rings is 4. The first-order chi connectivity index (χ1) is 32.2. The van der Waals surface area contributed by atoms with Gasteiger partial charge >= 0.3 is 0 Å². The fourth-order valence-corrected chi connectivity index (χ4v) is 13.3. The van der Waals surface area contributed by atoms with Gasteiger partial charge in [-0.15, -0.1) is 45.3 Å². The third-order valence-corrected chi connectivity index (χ3v) is 15.9. The largest absolute Gasteiger partial charge is 0.457 e. The Morgan fingerprint density at radius 1 is 0.308 bits per heavy atom. The van der Waals surface area contributed by atoms with Crippen LogP contribution in [-0.2, 0) is 0 Å². The van der Waals surface area contributed by atoms with Crippen LogP contribution in [0.15, 0.2) is 194 Å². The van der Waals surface area contributed by atoms with Crippen molar-refractivity contribution in [1.82, 2.24) is 8.75 Å². The van der Waals surface area contributed by atoms with Gasteiger partial charge in [0.15, 0.2) is 11.5 Å². The van der Waals surface area contributed by atoms with Crippen molar-refractivity contribution in [2.75, 3.05) is 0 Å². The molecular formula is C54H32N2O4S5. The predicted molar refractivity (Wildman–Crippen MR) is 272 cm³/mol. The number of ether oxygens (including phenoxy) is 4. The summed E-state index contributed by atoms with van der Waals surface area (Å²) >= 11 is 8.09. The van der Waals surface area contributed by atoms with Crippen LogP contribution in [0.3, 0.4) is 0 Å². The number of benzene rings is 7. The van der Waals surface area contributed by atoms with Gasteiger partial charge in [-0.25, -0.2) is 0 Å². The number of para-hydroxylation sites is 6. The highest BCUT2D eigenvalue weighted by atomic mass is 32.1. The van der Waals surface area contributed by atoms with Crippen molar-refractivity contribution < 1.29 is 18.9 Å². The zero-order valence-electron chi connectivity index (χ0n) is 34.0. The maximum Gasteiger partial charge on any atom is 0.181 e. The van der Waals surface area contributed by atoms with Crippen LogP contribution < -0.4 is 18.9 Å². The van der Waals surface area contributed by atoms with Crippen LogP contribution in [0.2, 0.25) is 0 Å². The van der Waals surface area contributed by atoms with Gasteiger partial charge in [-0.3, -0.25) is 0 Å². The molecule has 6 nitrogen and oxygen atoms in total. The Morgan fingerprint density at radius 2 is 0.615 bits per heavy atom. The Labute approximate surface area is 393 Å². The Bertz CT molecular complexity index is 3320. The Hall–Kier alpha value is -7.12. The molecule has 0 aliphatic rings. The fourth-order valence-electron chi connectivity index (χ4n) is 7.76. The van der Waals surface area contributed by atoms with Gasteiger partial charge in [0, 0.05) is 49.4 Å². The van der Waals surface area contributed by atoms with Crippen LogP contribution in [0, 0.1) is 0 Å². The first-order valence-electron chi connectivity index (χ1n) is 20.7. The molecule has 0 aliphatic heterocycles. The molecular weight excluding hydrogens is 901 g/mol. The topological polar surface area (TPSA) is 62.7 Å². The van der Waals surface area contributed by atoms with Crippen molar-refractivity contribution in [1.29, 1.82) is 0 Å². The SMILES string of the molecule is c1ccc(Oc2ccccc2-c2cc3sc(-c4c(Oc5ccccc5)c(Oc5ccccc5)c(-c5cc6sc(-c7ccccc7Oc7ccccc7)cc6s5)c5nsnc45)cc3s2)cc1. The summed E-state index contributed by atoms with van der Waals surface area (Å²) in [6.07, 6.45) is 0. The van der Waals surface area contributed by atoms with Crippen molar-refractivity contribution in [3.05, 3.63) is 194 Å². The van der Waals surface area contributed by atoms with E-state index in [4.69, 9.17) is 27.7 Å². The predicted octanol–water partition coefficient (Wildman–Crippen LogP) is 18.1. The zero-order valence-corrected chi connectivity index (χ0v) is 38.1. The molecule has 12 aromatic rings. The number of aromatic nitrogens is 2. The van der Waals surface area contributed by atoms with Crippen LogP contribution in [-0.4, -0.2) is 8.75 Å². The van der Waals surface area contributed by atoms with E-state index in [0.717, 1.165) is 94.6 Å². The van der Waals surface area contributed by atoms with E-state index in [2.05, 4.69) is 48.5 Å². The maximum atomic E-state index is 7.04. The molecule has 11 heteroatoms. The van der Waals surface area contributed by atoms with Crippen LogP contribution >= 0.6 is 57.1 Å². The van der Waals surface area contributed by atoms with E-state index in [0.29, 0.717) is 23.0 Å². The van der Waals surface area contributed by atoms with Gasteiger partial charge in [0.1, 0.15) is 45.5 Å². The van der Waals surface area contributed by atoms with Crippen molar-refractivity contribution in [2.45, 2.75) is 0 Å². The lowest BCUT2D eigenvalue weighted by Gasteiger charge is -2.19. The summed E-state index contributed by atoms with van der Waals surface area (Å²) in [6.45, 7) is 0. The molecule has 0 saturated carbocycles. The van der Waals surface area contributed by atoms with Gasteiger partial charge in [-0.2, -0.15) is 8.75 Å². The summed E-state index contributed by atoms with van der Waals surface area (Å²) in [6, 6.07) is 65.0. The molecule has 65 heavy (non-hydrogen) atoms. The summed E-state index contributed by atoms with van der Waals surface area (Å²) in [7, 11) is 0. The van der Waals surface area contributed by atoms with Crippen LogP contribution in [0.5, 0.6) is 46.0 Å².